The molecule has 1 aliphatic heterocycles. The van der Waals surface area contributed by atoms with Crippen LogP contribution in [0.3, 0.4) is 0 Å². The molecule has 0 radical (unpaired) electrons. The topological polar surface area (TPSA) is 15.3 Å². The SMILES string of the molecule is CCSCCN1CC(C(C)(C)C)NCC12CCCC2. The van der Waals surface area contributed by atoms with Gasteiger partial charge in [0.15, 0.2) is 0 Å². The number of piperazine rings is 1. The predicted octanol–water partition coefficient (Wildman–Crippen LogP) is 3.37. The van der Waals surface area contributed by atoms with Gasteiger partial charge in [0.1, 0.15) is 0 Å². The van der Waals surface area contributed by atoms with Crippen molar-refractivity contribution in [2.75, 3.05) is 31.1 Å². The van der Waals surface area contributed by atoms with Gasteiger partial charge in [0, 0.05) is 37.0 Å². The normalized spacial score (nSPS) is 28.1. The maximum atomic E-state index is 3.86. The average molecular weight is 285 g/mol. The largest absolute Gasteiger partial charge is 0.310 e. The molecule has 1 N–H and O–H groups in total. The van der Waals surface area contributed by atoms with Crippen LogP contribution in [-0.2, 0) is 0 Å². The second kappa shape index (κ2) is 6.36. The minimum atomic E-state index is 0.371. The fourth-order valence-corrected chi connectivity index (χ4v) is 4.30. The number of hydrogen-bond acceptors (Lipinski definition) is 3. The molecule has 0 bridgehead atoms. The van der Waals surface area contributed by atoms with Crippen LogP contribution in [0.15, 0.2) is 0 Å². The number of nitrogens with zero attached hydrogens (tertiary/aromatic N) is 1. The second-order valence-corrected chi connectivity index (χ2v) is 8.77. The summed E-state index contributed by atoms with van der Waals surface area (Å²) in [5.74, 6) is 2.55. The van der Waals surface area contributed by atoms with E-state index in [4.69, 9.17) is 0 Å². The molecule has 19 heavy (non-hydrogen) atoms. The van der Waals surface area contributed by atoms with Gasteiger partial charge < -0.3 is 5.32 Å². The van der Waals surface area contributed by atoms with Gasteiger partial charge in [-0.05, 0) is 24.0 Å². The molecule has 0 aromatic heterocycles. The fraction of sp³-hybridized carbons (Fsp3) is 1.00. The summed E-state index contributed by atoms with van der Waals surface area (Å²) < 4.78 is 0. The first-order valence-electron chi connectivity index (χ1n) is 8.04. The molecule has 1 spiro atoms. The quantitative estimate of drug-likeness (QED) is 0.797. The molecule has 1 atom stereocenters. The van der Waals surface area contributed by atoms with Crippen molar-refractivity contribution in [2.45, 2.75) is 65.0 Å². The molecule has 2 fully saturated rings. The highest BCUT2D eigenvalue weighted by molar-refractivity contribution is 7.99. The molecule has 0 aromatic rings. The molecular formula is C16H32N2S. The van der Waals surface area contributed by atoms with Crippen LogP contribution in [0.5, 0.6) is 0 Å². The van der Waals surface area contributed by atoms with E-state index in [1.54, 1.807) is 0 Å². The number of hydrogen-bond donors (Lipinski definition) is 1. The van der Waals surface area contributed by atoms with Crippen molar-refractivity contribution in [2.24, 2.45) is 5.41 Å². The van der Waals surface area contributed by atoms with E-state index in [9.17, 15) is 0 Å². The van der Waals surface area contributed by atoms with E-state index >= 15 is 0 Å². The van der Waals surface area contributed by atoms with Gasteiger partial charge in [-0.25, -0.2) is 0 Å². The van der Waals surface area contributed by atoms with E-state index < -0.39 is 0 Å². The van der Waals surface area contributed by atoms with Crippen LogP contribution in [0, 0.1) is 5.41 Å². The Labute approximate surface area is 124 Å². The second-order valence-electron chi connectivity index (χ2n) is 7.37. The lowest BCUT2D eigenvalue weighted by atomic mass is 9.81. The third-order valence-corrected chi connectivity index (χ3v) is 5.92. The van der Waals surface area contributed by atoms with Crippen LogP contribution in [0.1, 0.15) is 53.4 Å². The third-order valence-electron chi connectivity index (χ3n) is 5.04. The van der Waals surface area contributed by atoms with E-state index in [-0.39, 0.29) is 0 Å². The molecule has 1 saturated heterocycles. The molecule has 3 heteroatoms. The van der Waals surface area contributed by atoms with Crippen LogP contribution >= 0.6 is 11.8 Å². The van der Waals surface area contributed by atoms with E-state index in [1.807, 2.05) is 0 Å². The molecule has 1 heterocycles. The molecule has 1 unspecified atom stereocenters. The maximum Gasteiger partial charge on any atom is 0.0335 e. The lowest BCUT2D eigenvalue weighted by molar-refractivity contribution is 0.0223. The Morgan fingerprint density at radius 3 is 2.53 bits per heavy atom. The maximum absolute atomic E-state index is 3.86. The highest BCUT2D eigenvalue weighted by Crippen LogP contribution is 2.38. The zero-order valence-electron chi connectivity index (χ0n) is 13.3. The zero-order chi connectivity index (χ0) is 13.9. The Morgan fingerprint density at radius 2 is 1.95 bits per heavy atom. The Morgan fingerprint density at radius 1 is 1.26 bits per heavy atom. The summed E-state index contributed by atoms with van der Waals surface area (Å²) >= 11 is 2.09. The average Bonchev–Trinajstić information content (AvgIpc) is 2.80. The van der Waals surface area contributed by atoms with Gasteiger partial charge in [-0.2, -0.15) is 11.8 Å². The summed E-state index contributed by atoms with van der Waals surface area (Å²) in [5, 5.41) is 3.86. The van der Waals surface area contributed by atoms with Gasteiger partial charge in [-0.15, -0.1) is 0 Å². The Balaban J connectivity index is 2.01. The van der Waals surface area contributed by atoms with Crippen molar-refractivity contribution < 1.29 is 0 Å². The Kier molecular flexibility index (Phi) is 5.24. The van der Waals surface area contributed by atoms with Crippen molar-refractivity contribution in [1.29, 1.82) is 0 Å². The van der Waals surface area contributed by atoms with Gasteiger partial charge >= 0.3 is 0 Å². The highest BCUT2D eigenvalue weighted by atomic mass is 32.2. The molecule has 2 aliphatic rings. The molecule has 1 aliphatic carbocycles. The van der Waals surface area contributed by atoms with Crippen LogP contribution in [0.2, 0.25) is 0 Å². The lowest BCUT2D eigenvalue weighted by Gasteiger charge is -2.51. The standard InChI is InChI=1S/C16H32N2S/c1-5-19-11-10-18-12-14(15(2,3)4)17-13-16(18)8-6-7-9-16/h14,17H,5-13H2,1-4H3. The van der Waals surface area contributed by atoms with Crippen LogP contribution in [0.4, 0.5) is 0 Å². The predicted molar refractivity (Wildman–Crippen MR) is 87.0 cm³/mol. The molecule has 0 aromatic carbocycles. The molecule has 2 nitrogen and oxygen atoms in total. The summed E-state index contributed by atoms with van der Waals surface area (Å²) in [7, 11) is 0. The summed E-state index contributed by atoms with van der Waals surface area (Å²) in [6, 6.07) is 0.644. The van der Waals surface area contributed by atoms with Crippen molar-refractivity contribution in [3.05, 3.63) is 0 Å². The van der Waals surface area contributed by atoms with Gasteiger partial charge in [0.05, 0.1) is 0 Å². The fourth-order valence-electron chi connectivity index (χ4n) is 3.66. The molecule has 0 amide bonds. The molecule has 112 valence electrons. The minimum absolute atomic E-state index is 0.371. The number of thioether (sulfide) groups is 1. The van der Waals surface area contributed by atoms with Crippen LogP contribution in [0.25, 0.3) is 0 Å². The van der Waals surface area contributed by atoms with Crippen molar-refractivity contribution in [3.8, 4) is 0 Å². The Bertz CT molecular complexity index is 279. The first-order chi connectivity index (χ1) is 8.98. The summed E-state index contributed by atoms with van der Waals surface area (Å²) in [4.78, 5) is 2.84. The zero-order valence-corrected chi connectivity index (χ0v) is 14.1. The van der Waals surface area contributed by atoms with E-state index in [2.05, 4.69) is 49.7 Å². The summed E-state index contributed by atoms with van der Waals surface area (Å²) in [5.41, 5.74) is 0.867. The number of rotatable bonds is 4. The summed E-state index contributed by atoms with van der Waals surface area (Å²) in [6.45, 7) is 13.1. The van der Waals surface area contributed by atoms with Crippen molar-refractivity contribution >= 4 is 11.8 Å². The Hall–Kier alpha value is 0.270. The van der Waals surface area contributed by atoms with Crippen molar-refractivity contribution in [1.82, 2.24) is 10.2 Å². The smallest absolute Gasteiger partial charge is 0.0335 e. The molecule has 1 saturated carbocycles. The minimum Gasteiger partial charge on any atom is -0.310 e. The lowest BCUT2D eigenvalue weighted by Crippen LogP contribution is -2.66. The first kappa shape index (κ1) is 15.7. The van der Waals surface area contributed by atoms with E-state index in [0.717, 1.165) is 0 Å². The van der Waals surface area contributed by atoms with Gasteiger partial charge in [-0.1, -0.05) is 40.5 Å². The van der Waals surface area contributed by atoms with Crippen molar-refractivity contribution in [3.63, 3.8) is 0 Å². The molecule has 2 rings (SSSR count). The van der Waals surface area contributed by atoms with Gasteiger partial charge in [0.2, 0.25) is 0 Å². The monoisotopic (exact) mass is 284 g/mol. The number of nitrogens with one attached hydrogen (secondary N) is 1. The van der Waals surface area contributed by atoms with Crippen LogP contribution < -0.4 is 5.32 Å². The summed E-state index contributed by atoms with van der Waals surface area (Å²) in [6.07, 6.45) is 5.68. The van der Waals surface area contributed by atoms with Gasteiger partial charge in [-0.3, -0.25) is 4.90 Å². The first-order valence-corrected chi connectivity index (χ1v) is 9.20. The van der Waals surface area contributed by atoms with E-state index in [1.165, 1.54) is 56.8 Å². The van der Waals surface area contributed by atoms with Gasteiger partial charge in [0.25, 0.3) is 0 Å². The highest BCUT2D eigenvalue weighted by Gasteiger charge is 2.45. The van der Waals surface area contributed by atoms with E-state index in [0.29, 0.717) is 17.0 Å². The molecular weight excluding hydrogens is 252 g/mol. The van der Waals surface area contributed by atoms with Crippen LogP contribution in [-0.4, -0.2) is 47.6 Å². The third kappa shape index (κ3) is 3.68.